The molecule has 0 bridgehead atoms. The molecule has 0 aliphatic heterocycles. The van der Waals surface area contributed by atoms with Gasteiger partial charge in [-0.1, -0.05) is 0 Å². The Balaban J connectivity index is 2.21. The third-order valence-corrected chi connectivity index (χ3v) is 9.29. The van der Waals surface area contributed by atoms with E-state index in [1.54, 1.807) is 30.3 Å². The first-order valence-electron chi connectivity index (χ1n) is 7.88. The molecule has 0 heterocycles. The Morgan fingerprint density at radius 3 is 1.96 bits per heavy atom. The van der Waals surface area contributed by atoms with E-state index in [2.05, 4.69) is 20.8 Å². The summed E-state index contributed by atoms with van der Waals surface area (Å²) in [6, 6.07) is 18.3. The van der Waals surface area contributed by atoms with Crippen LogP contribution in [-0.2, 0) is 9.84 Å². The van der Waals surface area contributed by atoms with Crippen LogP contribution in [0.5, 0.6) is 0 Å². The molecule has 0 fully saturated rings. The van der Waals surface area contributed by atoms with Crippen LogP contribution in [0.15, 0.2) is 65.6 Å². The average molecular weight is 411 g/mol. The molecule has 0 amide bonds. The van der Waals surface area contributed by atoms with Crippen LogP contribution in [0.2, 0.25) is 4.82 Å². The molecule has 2 rings (SSSR count). The number of benzene rings is 2. The first-order valence-corrected chi connectivity index (χ1v) is 11.4. The van der Waals surface area contributed by atoms with Gasteiger partial charge < -0.3 is 0 Å². The zero-order valence-corrected chi connectivity index (χ0v) is 16.7. The Bertz CT molecular complexity index is 737. The van der Waals surface area contributed by atoms with Crippen LogP contribution in [0.4, 0.5) is 0 Å². The van der Waals surface area contributed by atoms with Crippen LogP contribution in [-0.4, -0.2) is 40.3 Å². The van der Waals surface area contributed by atoms with Gasteiger partial charge in [0.25, 0.3) is 0 Å². The normalized spacial score (nSPS) is 15.0. The molecule has 1 N–H and O–H groups in total. The van der Waals surface area contributed by atoms with Gasteiger partial charge in [-0.25, -0.2) is 0 Å². The molecule has 2 aromatic carbocycles. The molecule has 0 aliphatic carbocycles. The molecule has 0 saturated carbocycles. The number of hydrogen-bond acceptors (Lipinski definition) is 3. The molecule has 130 valence electrons. The summed E-state index contributed by atoms with van der Waals surface area (Å²) >= 11 is -0.00880. The van der Waals surface area contributed by atoms with Gasteiger partial charge in [0.2, 0.25) is 0 Å². The number of aliphatic hydroxyl groups is 1. The summed E-state index contributed by atoms with van der Waals surface area (Å²) in [6.45, 7) is 6.17. The Kier molecular flexibility index (Phi) is 6.27. The van der Waals surface area contributed by atoms with Crippen molar-refractivity contribution in [2.45, 2.75) is 36.6 Å². The van der Waals surface area contributed by atoms with Gasteiger partial charge in [-0.15, -0.1) is 0 Å². The van der Waals surface area contributed by atoms with E-state index in [0.29, 0.717) is 0 Å². The topological polar surface area (TPSA) is 54.4 Å². The SMILES string of the molecule is CC(C)(C)[C@H]([Se]c1ccccc1)C(O)CS(=O)(=O)c1ccccc1. The van der Waals surface area contributed by atoms with Crippen molar-refractivity contribution in [3.05, 3.63) is 60.7 Å². The van der Waals surface area contributed by atoms with Crippen LogP contribution in [0.3, 0.4) is 0 Å². The Hall–Kier alpha value is -1.13. The van der Waals surface area contributed by atoms with Crippen LogP contribution < -0.4 is 4.46 Å². The monoisotopic (exact) mass is 412 g/mol. The van der Waals surface area contributed by atoms with Gasteiger partial charge in [-0.3, -0.25) is 0 Å². The third kappa shape index (κ3) is 5.18. The Morgan fingerprint density at radius 1 is 0.958 bits per heavy atom. The number of sulfone groups is 1. The molecule has 1 unspecified atom stereocenters. The third-order valence-electron chi connectivity index (χ3n) is 3.70. The van der Waals surface area contributed by atoms with E-state index in [1.807, 2.05) is 30.3 Å². The fourth-order valence-electron chi connectivity index (χ4n) is 2.51. The molecule has 24 heavy (non-hydrogen) atoms. The van der Waals surface area contributed by atoms with E-state index >= 15 is 0 Å². The van der Waals surface area contributed by atoms with E-state index in [4.69, 9.17) is 0 Å². The molecular weight excluding hydrogens is 387 g/mol. The van der Waals surface area contributed by atoms with Crippen LogP contribution >= 0.6 is 0 Å². The summed E-state index contributed by atoms with van der Waals surface area (Å²) in [7, 11) is -3.50. The molecule has 2 atom stereocenters. The molecule has 0 saturated heterocycles. The first kappa shape index (κ1) is 19.2. The van der Waals surface area contributed by atoms with E-state index in [9.17, 15) is 13.5 Å². The van der Waals surface area contributed by atoms with Crippen molar-refractivity contribution in [1.82, 2.24) is 0 Å². The summed E-state index contributed by atoms with van der Waals surface area (Å²) in [4.78, 5) is 0.176. The van der Waals surface area contributed by atoms with Crippen molar-refractivity contribution >= 4 is 29.3 Å². The molecule has 0 aliphatic rings. The number of aliphatic hydroxyl groups excluding tert-OH is 1. The van der Waals surface area contributed by atoms with Gasteiger partial charge in [0.1, 0.15) is 0 Å². The minimum atomic E-state index is -3.50. The average Bonchev–Trinajstić information content (AvgIpc) is 2.53. The quantitative estimate of drug-likeness (QED) is 0.744. The van der Waals surface area contributed by atoms with Gasteiger partial charge >= 0.3 is 151 Å². The van der Waals surface area contributed by atoms with Crippen molar-refractivity contribution in [3.8, 4) is 0 Å². The Morgan fingerprint density at radius 2 is 1.46 bits per heavy atom. The maximum atomic E-state index is 12.6. The zero-order chi connectivity index (χ0) is 17.8. The van der Waals surface area contributed by atoms with Crippen molar-refractivity contribution in [1.29, 1.82) is 0 Å². The predicted molar refractivity (Wildman–Crippen MR) is 99.5 cm³/mol. The van der Waals surface area contributed by atoms with E-state index in [1.165, 1.54) is 4.46 Å². The molecule has 0 spiro atoms. The fourth-order valence-corrected chi connectivity index (χ4v) is 6.74. The summed E-state index contributed by atoms with van der Waals surface area (Å²) in [5.41, 5.74) is -0.179. The van der Waals surface area contributed by atoms with E-state index in [-0.39, 0.29) is 35.8 Å². The number of hydrogen-bond donors (Lipinski definition) is 1. The number of rotatable bonds is 6. The second-order valence-corrected chi connectivity index (χ2v) is 11.5. The summed E-state index contributed by atoms with van der Waals surface area (Å²) in [5, 5.41) is 10.7. The fraction of sp³-hybridized carbons (Fsp3) is 0.368. The molecule has 0 radical (unpaired) electrons. The van der Waals surface area contributed by atoms with Gasteiger partial charge in [-0.05, 0) is 0 Å². The zero-order valence-electron chi connectivity index (χ0n) is 14.2. The molecular formula is C19H24O3SSe. The molecule has 3 nitrogen and oxygen atoms in total. The van der Waals surface area contributed by atoms with E-state index < -0.39 is 15.9 Å². The summed E-state index contributed by atoms with van der Waals surface area (Å²) in [6.07, 6.45) is -0.893. The van der Waals surface area contributed by atoms with Gasteiger partial charge in [-0.2, -0.15) is 0 Å². The molecule has 0 aromatic heterocycles. The standard InChI is InChI=1S/C19H24O3SSe/c1-19(2,3)18(24-16-12-8-5-9-13-16)17(20)14-23(21,22)15-10-6-4-7-11-15/h4-13,17-18,20H,14H2,1-3H3/t17?,18-/m1/s1. The van der Waals surface area contributed by atoms with Crippen molar-refractivity contribution in [3.63, 3.8) is 0 Å². The van der Waals surface area contributed by atoms with Crippen molar-refractivity contribution in [2.75, 3.05) is 5.75 Å². The minimum absolute atomic E-state index is 0.00880. The van der Waals surface area contributed by atoms with Gasteiger partial charge in [0.15, 0.2) is 0 Å². The predicted octanol–water partition coefficient (Wildman–Crippen LogP) is 2.69. The maximum absolute atomic E-state index is 12.6. The van der Waals surface area contributed by atoms with Crippen LogP contribution in [0.1, 0.15) is 20.8 Å². The van der Waals surface area contributed by atoms with Crippen LogP contribution in [0, 0.1) is 5.41 Å². The molecule has 5 heteroatoms. The van der Waals surface area contributed by atoms with E-state index in [0.717, 1.165) is 0 Å². The second kappa shape index (κ2) is 7.83. The summed E-state index contributed by atoms with van der Waals surface area (Å²) < 4.78 is 26.3. The first-order chi connectivity index (χ1) is 11.2. The second-order valence-electron chi connectivity index (χ2n) is 6.88. The summed E-state index contributed by atoms with van der Waals surface area (Å²) in [5.74, 6) is -0.243. The van der Waals surface area contributed by atoms with Gasteiger partial charge in [0, 0.05) is 0 Å². The Labute approximate surface area is 151 Å². The molecule has 2 aromatic rings. The van der Waals surface area contributed by atoms with Crippen molar-refractivity contribution in [2.24, 2.45) is 5.41 Å². The van der Waals surface area contributed by atoms with Crippen molar-refractivity contribution < 1.29 is 13.5 Å². The van der Waals surface area contributed by atoms with Crippen LogP contribution in [0.25, 0.3) is 0 Å². The van der Waals surface area contributed by atoms with Gasteiger partial charge in [0.05, 0.1) is 0 Å².